The summed E-state index contributed by atoms with van der Waals surface area (Å²) in [6, 6.07) is 4.38. The van der Waals surface area contributed by atoms with Crippen LogP contribution in [0, 0.1) is 5.92 Å². The molecule has 1 aromatic carbocycles. The molecule has 1 fully saturated rings. The number of hydrogen-bond donors (Lipinski definition) is 1. The highest BCUT2D eigenvalue weighted by atomic mass is 19.4. The van der Waals surface area contributed by atoms with Gasteiger partial charge in [0.25, 0.3) is 0 Å². The maximum Gasteiger partial charge on any atom is 0.416 e. The molecule has 1 aliphatic heterocycles. The van der Waals surface area contributed by atoms with Gasteiger partial charge in [-0.2, -0.15) is 13.2 Å². The molecule has 2 atom stereocenters. The van der Waals surface area contributed by atoms with E-state index in [1.165, 1.54) is 18.4 Å². The van der Waals surface area contributed by atoms with Crippen LogP contribution in [0.3, 0.4) is 0 Å². The fourth-order valence-electron chi connectivity index (χ4n) is 3.11. The van der Waals surface area contributed by atoms with Crippen molar-refractivity contribution in [2.75, 3.05) is 13.1 Å². The number of alkyl halides is 3. The summed E-state index contributed by atoms with van der Waals surface area (Å²) in [6.07, 6.45) is -2.19. The number of hydrogen-bond acceptors (Lipinski definition) is 2. The molecule has 0 saturated carbocycles. The number of fused-ring (bicyclic) bond motifs is 1. The van der Waals surface area contributed by atoms with Crippen molar-refractivity contribution in [3.63, 3.8) is 0 Å². The van der Waals surface area contributed by atoms with Crippen molar-refractivity contribution < 1.29 is 17.6 Å². The molecule has 108 valence electrons. The number of nitrogens with one attached hydrogen (secondary N) is 1. The fourth-order valence-corrected chi connectivity index (χ4v) is 3.11. The first kappa shape index (κ1) is 13.5. The first-order chi connectivity index (χ1) is 9.48. The fraction of sp³-hybridized carbons (Fsp3) is 0.467. The van der Waals surface area contributed by atoms with E-state index in [1.807, 2.05) is 6.92 Å². The molecule has 0 amide bonds. The average Bonchev–Trinajstić information content (AvgIpc) is 2.85. The van der Waals surface area contributed by atoms with Crippen LogP contribution in [0.25, 0.3) is 11.0 Å². The monoisotopic (exact) mass is 283 g/mol. The molecule has 2 unspecified atom stereocenters. The molecule has 1 aromatic heterocycles. The minimum atomic E-state index is -4.35. The van der Waals surface area contributed by atoms with Crippen LogP contribution in [-0.4, -0.2) is 13.1 Å². The second-order valence-electron chi connectivity index (χ2n) is 5.44. The van der Waals surface area contributed by atoms with Crippen molar-refractivity contribution in [1.82, 2.24) is 5.32 Å². The van der Waals surface area contributed by atoms with Crippen molar-refractivity contribution in [2.45, 2.75) is 25.4 Å². The molecule has 2 aromatic rings. The normalized spacial score (nSPS) is 24.2. The minimum Gasteiger partial charge on any atom is -0.464 e. The van der Waals surface area contributed by atoms with E-state index in [-0.39, 0.29) is 11.8 Å². The van der Waals surface area contributed by atoms with Gasteiger partial charge in [0.05, 0.1) is 11.8 Å². The predicted molar refractivity (Wildman–Crippen MR) is 70.6 cm³/mol. The molecule has 1 aliphatic rings. The lowest BCUT2D eigenvalue weighted by molar-refractivity contribution is -0.138. The highest BCUT2D eigenvalue weighted by Crippen LogP contribution is 2.43. The minimum absolute atomic E-state index is 0.122. The summed E-state index contributed by atoms with van der Waals surface area (Å²) in [4.78, 5) is 0. The number of rotatable bonds is 1. The Balaban J connectivity index is 2.21. The number of piperidine rings is 1. The average molecular weight is 283 g/mol. The molecular formula is C15H16F3NO. The van der Waals surface area contributed by atoms with Crippen LogP contribution < -0.4 is 5.32 Å². The van der Waals surface area contributed by atoms with Gasteiger partial charge in [-0.1, -0.05) is 13.0 Å². The molecule has 0 bridgehead atoms. The van der Waals surface area contributed by atoms with Crippen LogP contribution in [0.2, 0.25) is 0 Å². The molecule has 2 heterocycles. The number of benzene rings is 1. The third-order valence-electron chi connectivity index (χ3n) is 4.12. The Morgan fingerprint density at radius 1 is 1.25 bits per heavy atom. The third kappa shape index (κ3) is 2.20. The van der Waals surface area contributed by atoms with Gasteiger partial charge in [-0.15, -0.1) is 0 Å². The maximum atomic E-state index is 13.3. The van der Waals surface area contributed by atoms with Crippen LogP contribution in [0.1, 0.15) is 30.4 Å². The summed E-state index contributed by atoms with van der Waals surface area (Å²) in [6.45, 7) is 3.46. The van der Waals surface area contributed by atoms with Crippen molar-refractivity contribution in [3.05, 3.63) is 35.6 Å². The Bertz CT molecular complexity index is 617. The zero-order chi connectivity index (χ0) is 14.3. The van der Waals surface area contributed by atoms with E-state index in [0.717, 1.165) is 18.5 Å². The van der Waals surface area contributed by atoms with Gasteiger partial charge in [-0.25, -0.2) is 0 Å². The topological polar surface area (TPSA) is 25.2 Å². The van der Waals surface area contributed by atoms with Gasteiger partial charge in [0.1, 0.15) is 5.58 Å². The first-order valence-corrected chi connectivity index (χ1v) is 6.76. The largest absolute Gasteiger partial charge is 0.464 e. The Morgan fingerprint density at radius 2 is 2.05 bits per heavy atom. The molecular weight excluding hydrogens is 267 g/mol. The molecule has 20 heavy (non-hydrogen) atoms. The molecule has 2 nitrogen and oxygen atoms in total. The van der Waals surface area contributed by atoms with E-state index in [2.05, 4.69) is 5.32 Å². The van der Waals surface area contributed by atoms with Crippen LogP contribution in [0.15, 0.2) is 28.9 Å². The van der Waals surface area contributed by atoms with E-state index in [4.69, 9.17) is 4.42 Å². The van der Waals surface area contributed by atoms with E-state index in [9.17, 15) is 13.2 Å². The summed E-state index contributed by atoms with van der Waals surface area (Å²) in [7, 11) is 0. The van der Waals surface area contributed by atoms with Crippen LogP contribution in [-0.2, 0) is 6.18 Å². The standard InChI is InChI=1S/C15H16F3NO/c1-9-8-19-6-4-11(9)13-12(15(16,17)18)3-2-10-5-7-20-14(10)13/h2-3,5,7,9,11,19H,4,6,8H2,1H3. The highest BCUT2D eigenvalue weighted by Gasteiger charge is 2.38. The quantitative estimate of drug-likeness (QED) is 0.850. The Kier molecular flexibility index (Phi) is 3.24. The molecule has 0 radical (unpaired) electrons. The van der Waals surface area contributed by atoms with E-state index in [0.29, 0.717) is 17.6 Å². The Hall–Kier alpha value is -1.49. The Morgan fingerprint density at radius 3 is 2.75 bits per heavy atom. The molecule has 3 rings (SSSR count). The Labute approximate surface area is 115 Å². The first-order valence-electron chi connectivity index (χ1n) is 6.76. The summed E-state index contributed by atoms with van der Waals surface area (Å²) in [5.74, 6) is 0.0308. The summed E-state index contributed by atoms with van der Waals surface area (Å²) >= 11 is 0. The molecule has 5 heteroatoms. The second kappa shape index (κ2) is 4.81. The van der Waals surface area contributed by atoms with Gasteiger partial charge in [-0.05, 0) is 43.5 Å². The second-order valence-corrected chi connectivity index (χ2v) is 5.44. The molecule has 0 spiro atoms. The SMILES string of the molecule is CC1CNCCC1c1c(C(F)(F)F)ccc2ccoc12. The summed E-state index contributed by atoms with van der Waals surface area (Å²) in [5.41, 5.74) is 0.159. The van der Waals surface area contributed by atoms with Crippen LogP contribution in [0.5, 0.6) is 0 Å². The van der Waals surface area contributed by atoms with Gasteiger partial charge >= 0.3 is 6.18 Å². The zero-order valence-electron chi connectivity index (χ0n) is 11.1. The van der Waals surface area contributed by atoms with Gasteiger partial charge in [0.2, 0.25) is 0 Å². The van der Waals surface area contributed by atoms with Crippen molar-refractivity contribution in [1.29, 1.82) is 0 Å². The molecule has 1 saturated heterocycles. The zero-order valence-corrected chi connectivity index (χ0v) is 11.1. The molecule has 1 N–H and O–H groups in total. The van der Waals surface area contributed by atoms with Crippen LogP contribution >= 0.6 is 0 Å². The smallest absolute Gasteiger partial charge is 0.416 e. The maximum absolute atomic E-state index is 13.3. The third-order valence-corrected chi connectivity index (χ3v) is 4.12. The van der Waals surface area contributed by atoms with Crippen molar-refractivity contribution >= 4 is 11.0 Å². The van der Waals surface area contributed by atoms with Crippen molar-refractivity contribution in [2.24, 2.45) is 5.92 Å². The summed E-state index contributed by atoms with van der Waals surface area (Å²) in [5, 5.41) is 3.96. The van der Waals surface area contributed by atoms with Crippen LogP contribution in [0.4, 0.5) is 13.2 Å². The number of furan rings is 1. The van der Waals surface area contributed by atoms with E-state index in [1.54, 1.807) is 6.07 Å². The highest BCUT2D eigenvalue weighted by molar-refractivity contribution is 5.82. The van der Waals surface area contributed by atoms with Gasteiger partial charge in [0, 0.05) is 10.9 Å². The number of halogens is 3. The summed E-state index contributed by atoms with van der Waals surface area (Å²) < 4.78 is 45.3. The van der Waals surface area contributed by atoms with Gasteiger partial charge < -0.3 is 9.73 Å². The van der Waals surface area contributed by atoms with E-state index >= 15 is 0 Å². The predicted octanol–water partition coefficient (Wildman–Crippen LogP) is 4.16. The lowest BCUT2D eigenvalue weighted by Gasteiger charge is -2.31. The lowest BCUT2D eigenvalue weighted by Crippen LogP contribution is -2.34. The van der Waals surface area contributed by atoms with Crippen molar-refractivity contribution in [3.8, 4) is 0 Å². The molecule has 0 aliphatic carbocycles. The lowest BCUT2D eigenvalue weighted by atomic mass is 9.79. The van der Waals surface area contributed by atoms with Gasteiger partial charge in [0.15, 0.2) is 0 Å². The van der Waals surface area contributed by atoms with E-state index < -0.39 is 11.7 Å². The van der Waals surface area contributed by atoms with Gasteiger partial charge in [-0.3, -0.25) is 0 Å².